The Morgan fingerprint density at radius 1 is 1.09 bits per heavy atom. The lowest BCUT2D eigenvalue weighted by atomic mass is 10.1. The predicted octanol–water partition coefficient (Wildman–Crippen LogP) is 5.08. The van der Waals surface area contributed by atoms with Gasteiger partial charge in [0.2, 0.25) is 0 Å². The minimum Gasteiger partial charge on any atom is -0.338 e. The number of thioether (sulfide) groups is 1. The molecule has 2 aromatic rings. The number of amides is 2. The topological polar surface area (TPSA) is 41.1 Å². The summed E-state index contributed by atoms with van der Waals surface area (Å²) in [6.07, 6.45) is 2.59. The number of benzene rings is 2. The summed E-state index contributed by atoms with van der Waals surface area (Å²) in [5.41, 5.74) is 1.60. The number of rotatable bonds is 5. The van der Waals surface area contributed by atoms with Crippen LogP contribution in [0.2, 0.25) is 10.0 Å². The SMILES string of the molecule is CSc1ccc(NC(=O)NCCc2c(Cl)cccc2Cl)cc1. The highest BCUT2D eigenvalue weighted by Crippen LogP contribution is 2.24. The van der Waals surface area contributed by atoms with E-state index in [1.54, 1.807) is 30.0 Å². The number of carbonyl (C=O) groups is 1. The number of anilines is 1. The van der Waals surface area contributed by atoms with E-state index >= 15 is 0 Å². The largest absolute Gasteiger partial charge is 0.338 e. The molecule has 0 aliphatic carbocycles. The molecule has 2 amide bonds. The van der Waals surface area contributed by atoms with Gasteiger partial charge < -0.3 is 10.6 Å². The van der Waals surface area contributed by atoms with E-state index in [1.807, 2.05) is 30.5 Å². The molecular formula is C16H16Cl2N2OS. The molecule has 0 unspecified atom stereocenters. The number of hydrogen-bond acceptors (Lipinski definition) is 2. The quantitative estimate of drug-likeness (QED) is 0.735. The van der Waals surface area contributed by atoms with Gasteiger partial charge in [0.15, 0.2) is 0 Å². The highest BCUT2D eigenvalue weighted by atomic mass is 35.5. The van der Waals surface area contributed by atoms with Crippen LogP contribution in [0.4, 0.5) is 10.5 Å². The van der Waals surface area contributed by atoms with E-state index in [2.05, 4.69) is 10.6 Å². The number of nitrogens with one attached hydrogen (secondary N) is 2. The Morgan fingerprint density at radius 3 is 2.32 bits per heavy atom. The fourth-order valence-corrected chi connectivity index (χ4v) is 2.92. The number of urea groups is 1. The van der Waals surface area contributed by atoms with Gasteiger partial charge in [-0.25, -0.2) is 4.79 Å². The maximum Gasteiger partial charge on any atom is 0.319 e. The Morgan fingerprint density at radius 2 is 1.73 bits per heavy atom. The smallest absolute Gasteiger partial charge is 0.319 e. The molecule has 0 bridgehead atoms. The monoisotopic (exact) mass is 354 g/mol. The van der Waals surface area contributed by atoms with Crippen molar-refractivity contribution in [1.82, 2.24) is 5.32 Å². The molecule has 0 aliphatic heterocycles. The molecule has 116 valence electrons. The molecule has 3 nitrogen and oxygen atoms in total. The van der Waals surface area contributed by atoms with Crippen LogP contribution in [-0.4, -0.2) is 18.8 Å². The van der Waals surface area contributed by atoms with Crippen molar-refractivity contribution in [2.75, 3.05) is 18.1 Å². The maximum atomic E-state index is 11.8. The van der Waals surface area contributed by atoms with Crippen molar-refractivity contribution in [3.63, 3.8) is 0 Å². The molecule has 0 heterocycles. The van der Waals surface area contributed by atoms with Crippen LogP contribution >= 0.6 is 35.0 Å². The summed E-state index contributed by atoms with van der Waals surface area (Å²) in [7, 11) is 0. The predicted molar refractivity (Wildman–Crippen MR) is 95.4 cm³/mol. The lowest BCUT2D eigenvalue weighted by molar-refractivity contribution is 0.252. The van der Waals surface area contributed by atoms with Crippen molar-refractivity contribution < 1.29 is 4.79 Å². The Labute approximate surface area is 144 Å². The normalized spacial score (nSPS) is 10.3. The first-order valence-corrected chi connectivity index (χ1v) is 8.70. The first-order valence-electron chi connectivity index (χ1n) is 6.72. The third kappa shape index (κ3) is 4.83. The third-order valence-corrected chi connectivity index (χ3v) is 4.52. The second-order valence-electron chi connectivity index (χ2n) is 4.56. The molecule has 0 saturated heterocycles. The minimum atomic E-state index is -0.250. The molecule has 2 rings (SSSR count). The Hall–Kier alpha value is -1.36. The van der Waals surface area contributed by atoms with Crippen LogP contribution in [0.1, 0.15) is 5.56 Å². The van der Waals surface area contributed by atoms with Gasteiger partial charge in [0.05, 0.1) is 0 Å². The summed E-state index contributed by atoms with van der Waals surface area (Å²) < 4.78 is 0. The summed E-state index contributed by atoms with van der Waals surface area (Å²) in [6, 6.07) is 12.8. The molecular weight excluding hydrogens is 339 g/mol. The van der Waals surface area contributed by atoms with Crippen molar-refractivity contribution >= 4 is 46.7 Å². The molecule has 6 heteroatoms. The van der Waals surface area contributed by atoms with Crippen LogP contribution in [0.3, 0.4) is 0 Å². The molecule has 0 spiro atoms. The molecule has 0 radical (unpaired) electrons. The summed E-state index contributed by atoms with van der Waals surface area (Å²) in [5, 5.41) is 6.80. The average Bonchev–Trinajstić information content (AvgIpc) is 2.51. The summed E-state index contributed by atoms with van der Waals surface area (Å²) >= 11 is 13.8. The third-order valence-electron chi connectivity index (χ3n) is 3.07. The fraction of sp³-hybridized carbons (Fsp3) is 0.188. The van der Waals surface area contributed by atoms with Gasteiger partial charge in [-0.3, -0.25) is 0 Å². The van der Waals surface area contributed by atoms with Gasteiger partial charge in [0, 0.05) is 27.2 Å². The zero-order valence-corrected chi connectivity index (χ0v) is 14.4. The van der Waals surface area contributed by atoms with E-state index in [1.165, 1.54) is 0 Å². The van der Waals surface area contributed by atoms with E-state index < -0.39 is 0 Å². The summed E-state index contributed by atoms with van der Waals surface area (Å²) in [4.78, 5) is 13.0. The molecule has 0 saturated carbocycles. The molecule has 0 fully saturated rings. The van der Waals surface area contributed by atoms with Gasteiger partial charge in [0.25, 0.3) is 0 Å². The molecule has 2 N–H and O–H groups in total. The zero-order valence-electron chi connectivity index (χ0n) is 12.0. The van der Waals surface area contributed by atoms with Gasteiger partial charge >= 0.3 is 6.03 Å². The van der Waals surface area contributed by atoms with Gasteiger partial charge in [0.1, 0.15) is 0 Å². The van der Waals surface area contributed by atoms with E-state index in [4.69, 9.17) is 23.2 Å². The van der Waals surface area contributed by atoms with Crippen molar-refractivity contribution in [3.8, 4) is 0 Å². The first kappa shape index (κ1) is 17.0. The van der Waals surface area contributed by atoms with E-state index in [9.17, 15) is 4.79 Å². The lowest BCUT2D eigenvalue weighted by Crippen LogP contribution is -2.30. The van der Waals surface area contributed by atoms with Crippen LogP contribution in [0, 0.1) is 0 Å². The first-order chi connectivity index (χ1) is 10.6. The Bertz CT molecular complexity index is 627. The van der Waals surface area contributed by atoms with Crippen LogP contribution in [0.15, 0.2) is 47.4 Å². The lowest BCUT2D eigenvalue weighted by Gasteiger charge is -2.10. The number of hydrogen-bond donors (Lipinski definition) is 2. The fourth-order valence-electron chi connectivity index (χ4n) is 1.92. The van der Waals surface area contributed by atoms with Crippen molar-refractivity contribution in [2.45, 2.75) is 11.3 Å². The molecule has 22 heavy (non-hydrogen) atoms. The van der Waals surface area contributed by atoms with Gasteiger partial charge in [-0.2, -0.15) is 0 Å². The molecule has 0 atom stereocenters. The zero-order chi connectivity index (χ0) is 15.9. The highest BCUT2D eigenvalue weighted by molar-refractivity contribution is 7.98. The number of halogens is 2. The molecule has 0 aliphatic rings. The maximum absolute atomic E-state index is 11.8. The van der Waals surface area contributed by atoms with E-state index in [-0.39, 0.29) is 6.03 Å². The summed E-state index contributed by atoms with van der Waals surface area (Å²) in [5.74, 6) is 0. The standard InChI is InChI=1S/C16H16Cl2N2OS/c1-22-12-7-5-11(6-8-12)20-16(21)19-10-9-13-14(17)3-2-4-15(13)18/h2-8H,9-10H2,1H3,(H2,19,20,21). The van der Waals surface area contributed by atoms with Crippen molar-refractivity contribution in [2.24, 2.45) is 0 Å². The van der Waals surface area contributed by atoms with Crippen LogP contribution in [0.5, 0.6) is 0 Å². The van der Waals surface area contributed by atoms with Gasteiger partial charge in [-0.15, -0.1) is 11.8 Å². The number of carbonyl (C=O) groups excluding carboxylic acids is 1. The van der Waals surface area contributed by atoms with Crippen molar-refractivity contribution in [1.29, 1.82) is 0 Å². The average molecular weight is 355 g/mol. The second kappa shape index (κ2) is 8.32. The molecule has 2 aromatic carbocycles. The van der Waals surface area contributed by atoms with Gasteiger partial charge in [-0.1, -0.05) is 29.3 Å². The van der Waals surface area contributed by atoms with Crippen LogP contribution in [-0.2, 0) is 6.42 Å². The van der Waals surface area contributed by atoms with E-state index in [0.29, 0.717) is 23.0 Å². The van der Waals surface area contributed by atoms with Crippen LogP contribution < -0.4 is 10.6 Å². The van der Waals surface area contributed by atoms with E-state index in [0.717, 1.165) is 16.1 Å². The van der Waals surface area contributed by atoms with Crippen LogP contribution in [0.25, 0.3) is 0 Å². The minimum absolute atomic E-state index is 0.250. The van der Waals surface area contributed by atoms with Gasteiger partial charge in [-0.05, 0) is 54.6 Å². The molecule has 0 aromatic heterocycles. The Balaban J connectivity index is 1.82. The summed E-state index contributed by atoms with van der Waals surface area (Å²) in [6.45, 7) is 0.457. The van der Waals surface area contributed by atoms with Crippen molar-refractivity contribution in [3.05, 3.63) is 58.1 Å². The highest BCUT2D eigenvalue weighted by Gasteiger charge is 2.06. The second-order valence-corrected chi connectivity index (χ2v) is 6.25. The Kier molecular flexibility index (Phi) is 6.43.